The van der Waals surface area contributed by atoms with Crippen molar-refractivity contribution < 1.29 is 28.6 Å². The van der Waals surface area contributed by atoms with Gasteiger partial charge in [-0.1, -0.05) is 366 Å². The van der Waals surface area contributed by atoms with Crippen molar-refractivity contribution in [3.05, 3.63) is 24.3 Å². The number of carbonyl (C=O) groups excluding carboxylic acids is 3. The first-order valence-corrected chi connectivity index (χ1v) is 35.8. The van der Waals surface area contributed by atoms with E-state index in [-0.39, 0.29) is 31.1 Å². The third-order valence-corrected chi connectivity index (χ3v) is 16.4. The van der Waals surface area contributed by atoms with Crippen LogP contribution in [0.3, 0.4) is 0 Å². The standard InChI is InChI=1S/C73H138O6/c1-4-7-10-13-16-19-22-25-27-29-31-33-35-37-39-41-43-45-48-51-54-57-60-63-66-72(75)78-69-70(68-77-71(74)65-62-59-56-53-50-47-24-21-18-15-12-9-6-3)79-73(76)67-64-61-58-55-52-49-46-44-42-40-38-36-34-32-30-28-26-23-20-17-14-11-8-5-2/h12,15,21,24,70H,4-11,13-14,16-20,22-23,25-69H2,1-3H3/b15-12-,24-21-. The molecule has 0 radical (unpaired) electrons. The lowest BCUT2D eigenvalue weighted by atomic mass is 10.0. The highest BCUT2D eigenvalue weighted by molar-refractivity contribution is 5.71. The molecule has 0 rings (SSSR count). The van der Waals surface area contributed by atoms with Crippen LogP contribution in [0.4, 0.5) is 0 Å². The SMILES string of the molecule is CCC/C=C\C/C=C\CCCCCCCC(=O)OCC(COC(=O)CCCCCCCCCCCCCCCCCCCCCCCCCC)OC(=O)CCCCCCCCCCCCCCCCCCCCCCCCCC. The third-order valence-electron chi connectivity index (χ3n) is 16.4. The van der Waals surface area contributed by atoms with E-state index in [0.717, 1.165) is 83.5 Å². The van der Waals surface area contributed by atoms with Crippen LogP contribution >= 0.6 is 0 Å². The number of hydrogen-bond acceptors (Lipinski definition) is 6. The molecular weight excluding hydrogens is 973 g/mol. The van der Waals surface area contributed by atoms with Gasteiger partial charge in [0.25, 0.3) is 0 Å². The molecule has 0 aliphatic rings. The molecule has 0 aliphatic heterocycles. The average molecular weight is 1110 g/mol. The van der Waals surface area contributed by atoms with Crippen LogP contribution in [0.5, 0.6) is 0 Å². The summed E-state index contributed by atoms with van der Waals surface area (Å²) >= 11 is 0. The summed E-state index contributed by atoms with van der Waals surface area (Å²) in [6, 6.07) is 0. The summed E-state index contributed by atoms with van der Waals surface area (Å²) in [5.74, 6) is -0.851. The normalized spacial score (nSPS) is 12.1. The molecule has 1 unspecified atom stereocenters. The maximum absolute atomic E-state index is 13.0. The molecule has 0 spiro atoms. The Morgan fingerprint density at radius 1 is 0.253 bits per heavy atom. The van der Waals surface area contributed by atoms with Crippen molar-refractivity contribution in [2.75, 3.05) is 13.2 Å². The summed E-state index contributed by atoms with van der Waals surface area (Å²) in [5.41, 5.74) is 0. The Balaban J connectivity index is 4.20. The minimum absolute atomic E-state index is 0.0693. The number of allylic oxidation sites excluding steroid dienone is 4. The Bertz CT molecular complexity index is 1270. The van der Waals surface area contributed by atoms with Gasteiger partial charge in [-0.2, -0.15) is 0 Å². The van der Waals surface area contributed by atoms with Gasteiger partial charge in [0.05, 0.1) is 0 Å². The van der Waals surface area contributed by atoms with Gasteiger partial charge < -0.3 is 14.2 Å². The highest BCUT2D eigenvalue weighted by atomic mass is 16.6. The summed E-state index contributed by atoms with van der Waals surface area (Å²) in [4.78, 5) is 38.4. The monoisotopic (exact) mass is 1110 g/mol. The largest absolute Gasteiger partial charge is 0.462 e. The zero-order valence-electron chi connectivity index (χ0n) is 53.7. The second kappa shape index (κ2) is 68.4. The van der Waals surface area contributed by atoms with E-state index < -0.39 is 6.10 Å². The lowest BCUT2D eigenvalue weighted by Gasteiger charge is -2.18. The van der Waals surface area contributed by atoms with Crippen LogP contribution in [-0.2, 0) is 28.6 Å². The predicted molar refractivity (Wildman–Crippen MR) is 344 cm³/mol. The van der Waals surface area contributed by atoms with Crippen LogP contribution in [0.2, 0.25) is 0 Å². The number of hydrogen-bond donors (Lipinski definition) is 0. The molecule has 0 fully saturated rings. The minimum atomic E-state index is -0.774. The molecule has 0 aliphatic carbocycles. The van der Waals surface area contributed by atoms with Crippen molar-refractivity contribution >= 4 is 17.9 Å². The van der Waals surface area contributed by atoms with Crippen LogP contribution in [-0.4, -0.2) is 37.2 Å². The van der Waals surface area contributed by atoms with Crippen molar-refractivity contribution in [3.63, 3.8) is 0 Å². The Hall–Kier alpha value is -2.11. The second-order valence-electron chi connectivity index (χ2n) is 24.5. The lowest BCUT2D eigenvalue weighted by molar-refractivity contribution is -0.167. The maximum Gasteiger partial charge on any atom is 0.306 e. The molecule has 79 heavy (non-hydrogen) atoms. The van der Waals surface area contributed by atoms with Crippen LogP contribution in [0.25, 0.3) is 0 Å². The van der Waals surface area contributed by atoms with Crippen LogP contribution < -0.4 is 0 Å². The van der Waals surface area contributed by atoms with Crippen molar-refractivity contribution in [1.82, 2.24) is 0 Å². The Morgan fingerprint density at radius 3 is 0.747 bits per heavy atom. The fourth-order valence-corrected chi connectivity index (χ4v) is 11.1. The van der Waals surface area contributed by atoms with Gasteiger partial charge >= 0.3 is 17.9 Å². The van der Waals surface area contributed by atoms with E-state index in [2.05, 4.69) is 45.1 Å². The first-order chi connectivity index (χ1) is 39.0. The summed E-state index contributed by atoms with van der Waals surface area (Å²) in [5, 5.41) is 0. The summed E-state index contributed by atoms with van der Waals surface area (Å²) < 4.78 is 17.0. The molecule has 466 valence electrons. The van der Waals surface area contributed by atoms with E-state index in [1.54, 1.807) is 0 Å². The van der Waals surface area contributed by atoms with Crippen LogP contribution in [0.15, 0.2) is 24.3 Å². The highest BCUT2D eigenvalue weighted by Gasteiger charge is 2.19. The van der Waals surface area contributed by atoms with Gasteiger partial charge in [-0.05, 0) is 44.9 Å². The molecule has 0 saturated carbocycles. The van der Waals surface area contributed by atoms with E-state index in [9.17, 15) is 14.4 Å². The second-order valence-corrected chi connectivity index (χ2v) is 24.5. The fraction of sp³-hybridized carbons (Fsp3) is 0.904. The topological polar surface area (TPSA) is 78.9 Å². The van der Waals surface area contributed by atoms with Crippen LogP contribution in [0.1, 0.15) is 406 Å². The number of carbonyl (C=O) groups is 3. The smallest absolute Gasteiger partial charge is 0.306 e. The summed E-state index contributed by atoms with van der Waals surface area (Å²) in [6.45, 7) is 6.65. The Morgan fingerprint density at radius 2 is 0.481 bits per heavy atom. The first kappa shape index (κ1) is 76.9. The number of rotatable bonds is 67. The van der Waals surface area contributed by atoms with E-state index in [1.165, 1.54) is 283 Å². The van der Waals surface area contributed by atoms with E-state index >= 15 is 0 Å². The molecular formula is C73H138O6. The molecule has 1 atom stereocenters. The third kappa shape index (κ3) is 66.6. The van der Waals surface area contributed by atoms with Gasteiger partial charge in [0.1, 0.15) is 13.2 Å². The van der Waals surface area contributed by atoms with Gasteiger partial charge in [-0.3, -0.25) is 14.4 Å². The fourth-order valence-electron chi connectivity index (χ4n) is 11.1. The van der Waals surface area contributed by atoms with E-state index in [1.807, 2.05) is 0 Å². The molecule has 0 aromatic carbocycles. The minimum Gasteiger partial charge on any atom is -0.462 e. The predicted octanol–water partition coefficient (Wildman–Crippen LogP) is 24.6. The van der Waals surface area contributed by atoms with Gasteiger partial charge in [-0.15, -0.1) is 0 Å². The first-order valence-electron chi connectivity index (χ1n) is 35.8. The van der Waals surface area contributed by atoms with E-state index in [4.69, 9.17) is 14.2 Å². The molecule has 0 heterocycles. The molecule has 6 heteroatoms. The Labute approximate surface area is 493 Å². The summed E-state index contributed by atoms with van der Waals surface area (Å²) in [7, 11) is 0. The van der Waals surface area contributed by atoms with Crippen molar-refractivity contribution in [1.29, 1.82) is 0 Å². The van der Waals surface area contributed by atoms with Crippen molar-refractivity contribution in [3.8, 4) is 0 Å². The van der Waals surface area contributed by atoms with Crippen molar-refractivity contribution in [2.45, 2.75) is 412 Å². The molecule has 0 amide bonds. The van der Waals surface area contributed by atoms with Gasteiger partial charge in [0, 0.05) is 19.3 Å². The zero-order chi connectivity index (χ0) is 57.1. The van der Waals surface area contributed by atoms with Gasteiger partial charge in [-0.25, -0.2) is 0 Å². The van der Waals surface area contributed by atoms with Crippen molar-refractivity contribution in [2.24, 2.45) is 0 Å². The number of unbranched alkanes of at least 4 members (excludes halogenated alkanes) is 52. The molecule has 0 bridgehead atoms. The highest BCUT2D eigenvalue weighted by Crippen LogP contribution is 2.19. The van der Waals surface area contributed by atoms with E-state index in [0.29, 0.717) is 19.3 Å². The Kier molecular flexibility index (Phi) is 66.6. The number of esters is 3. The molecule has 0 saturated heterocycles. The zero-order valence-corrected chi connectivity index (χ0v) is 53.7. The quantitative estimate of drug-likeness (QED) is 0.0261. The molecule has 0 aromatic rings. The maximum atomic E-state index is 13.0. The molecule has 0 aromatic heterocycles. The van der Waals surface area contributed by atoms with Gasteiger partial charge in [0.15, 0.2) is 6.10 Å². The lowest BCUT2D eigenvalue weighted by Crippen LogP contribution is -2.30. The molecule has 6 nitrogen and oxygen atoms in total. The molecule has 0 N–H and O–H groups in total. The van der Waals surface area contributed by atoms with Crippen LogP contribution in [0, 0.1) is 0 Å². The van der Waals surface area contributed by atoms with Gasteiger partial charge in [0.2, 0.25) is 0 Å². The number of ether oxygens (including phenoxy) is 3. The average Bonchev–Trinajstić information content (AvgIpc) is 3.45. The summed E-state index contributed by atoms with van der Waals surface area (Å²) in [6.07, 6.45) is 83.6.